The van der Waals surface area contributed by atoms with Crippen LogP contribution < -0.4 is 0 Å². The van der Waals surface area contributed by atoms with Crippen LogP contribution in [0.4, 0.5) is 0 Å². The van der Waals surface area contributed by atoms with Crippen molar-refractivity contribution in [3.05, 3.63) is 35.9 Å². The molecular weight excluding hydrogens is 234 g/mol. The normalized spacial score (nSPS) is 19.1. The second kappa shape index (κ2) is 5.64. The highest BCUT2D eigenvalue weighted by Gasteiger charge is 2.35. The number of nitrogens with zero attached hydrogens (tertiary/aromatic N) is 1. The number of hydroxylamine groups is 2. The maximum Gasteiger partial charge on any atom is 0.311 e. The van der Waals surface area contributed by atoms with E-state index in [1.807, 2.05) is 30.3 Å². The molecule has 5 heteroatoms. The molecule has 2 rings (SSSR count). The first-order valence-electron chi connectivity index (χ1n) is 5.75. The van der Waals surface area contributed by atoms with Gasteiger partial charge in [0.2, 0.25) is 5.91 Å². The van der Waals surface area contributed by atoms with Gasteiger partial charge in [-0.15, -0.1) is 0 Å². The van der Waals surface area contributed by atoms with Crippen molar-refractivity contribution in [2.24, 2.45) is 5.92 Å². The van der Waals surface area contributed by atoms with Crippen LogP contribution in [0.3, 0.4) is 0 Å². The number of carbonyl (C=O) groups is 2. The van der Waals surface area contributed by atoms with Crippen LogP contribution >= 0.6 is 0 Å². The molecule has 96 valence electrons. The third kappa shape index (κ3) is 2.87. The number of amides is 1. The molecule has 1 atom stereocenters. The molecule has 0 bridgehead atoms. The topological polar surface area (TPSA) is 55.8 Å². The van der Waals surface area contributed by atoms with Gasteiger partial charge in [-0.1, -0.05) is 30.3 Å². The number of rotatable bonds is 4. The number of hydrogen-bond acceptors (Lipinski definition) is 4. The Hall–Kier alpha value is -1.88. The van der Waals surface area contributed by atoms with E-state index < -0.39 is 5.92 Å². The molecule has 0 N–H and O–H groups in total. The Kier molecular flexibility index (Phi) is 3.94. The molecule has 1 saturated heterocycles. The molecule has 0 radical (unpaired) electrons. The maximum absolute atomic E-state index is 11.6. The minimum atomic E-state index is -0.418. The first kappa shape index (κ1) is 12.6. The molecule has 0 aromatic heterocycles. The Balaban J connectivity index is 1.87. The van der Waals surface area contributed by atoms with E-state index >= 15 is 0 Å². The molecule has 1 unspecified atom stereocenters. The highest BCUT2D eigenvalue weighted by Crippen LogP contribution is 2.20. The van der Waals surface area contributed by atoms with Crippen LogP contribution in [0.5, 0.6) is 0 Å². The lowest BCUT2D eigenvalue weighted by Gasteiger charge is -2.15. The lowest BCUT2D eigenvalue weighted by Crippen LogP contribution is -2.26. The molecule has 0 aliphatic carbocycles. The first-order valence-corrected chi connectivity index (χ1v) is 5.75. The summed E-state index contributed by atoms with van der Waals surface area (Å²) in [5, 5.41) is 1.24. The monoisotopic (exact) mass is 249 g/mol. The summed E-state index contributed by atoms with van der Waals surface area (Å²) in [6.07, 6.45) is 0.154. The zero-order chi connectivity index (χ0) is 13.0. The lowest BCUT2D eigenvalue weighted by atomic mass is 10.1. The molecular formula is C13H15NO4. The molecule has 1 aliphatic heterocycles. The van der Waals surface area contributed by atoms with Gasteiger partial charge in [0.25, 0.3) is 0 Å². The molecule has 0 spiro atoms. The van der Waals surface area contributed by atoms with Gasteiger partial charge >= 0.3 is 5.97 Å². The predicted molar refractivity (Wildman–Crippen MR) is 63.1 cm³/mol. The highest BCUT2D eigenvalue weighted by atomic mass is 16.7. The summed E-state index contributed by atoms with van der Waals surface area (Å²) in [7, 11) is 1.32. The quantitative estimate of drug-likeness (QED) is 0.751. The second-order valence-corrected chi connectivity index (χ2v) is 4.14. The van der Waals surface area contributed by atoms with Crippen molar-refractivity contribution in [1.82, 2.24) is 5.06 Å². The van der Waals surface area contributed by atoms with Crippen LogP contribution in [0.15, 0.2) is 30.3 Å². The molecule has 1 fully saturated rings. The van der Waals surface area contributed by atoms with Crippen LogP contribution in [-0.2, 0) is 25.8 Å². The summed E-state index contributed by atoms with van der Waals surface area (Å²) < 4.78 is 4.62. The Morgan fingerprint density at radius 1 is 1.39 bits per heavy atom. The van der Waals surface area contributed by atoms with Crippen molar-refractivity contribution in [3.8, 4) is 0 Å². The fraction of sp³-hybridized carbons (Fsp3) is 0.385. The summed E-state index contributed by atoms with van der Waals surface area (Å²) in [6, 6.07) is 9.55. The molecule has 1 aliphatic rings. The fourth-order valence-corrected chi connectivity index (χ4v) is 1.86. The molecule has 1 aromatic rings. The van der Waals surface area contributed by atoms with Crippen LogP contribution in [0.1, 0.15) is 12.0 Å². The van der Waals surface area contributed by atoms with Crippen molar-refractivity contribution in [3.63, 3.8) is 0 Å². The largest absolute Gasteiger partial charge is 0.469 e. The van der Waals surface area contributed by atoms with E-state index in [0.717, 1.165) is 5.56 Å². The van der Waals surface area contributed by atoms with E-state index in [1.54, 1.807) is 0 Å². The van der Waals surface area contributed by atoms with Gasteiger partial charge in [0.1, 0.15) is 6.61 Å². The number of ether oxygens (including phenoxy) is 1. The minimum Gasteiger partial charge on any atom is -0.469 e. The van der Waals surface area contributed by atoms with Gasteiger partial charge in [-0.05, 0) is 5.56 Å². The zero-order valence-corrected chi connectivity index (χ0v) is 10.2. The third-order valence-corrected chi connectivity index (χ3v) is 2.85. The number of carbonyl (C=O) groups excluding carboxylic acids is 2. The number of benzene rings is 1. The Morgan fingerprint density at radius 2 is 2.11 bits per heavy atom. The van der Waals surface area contributed by atoms with Crippen molar-refractivity contribution in [2.45, 2.75) is 13.0 Å². The van der Waals surface area contributed by atoms with E-state index in [2.05, 4.69) is 4.74 Å². The van der Waals surface area contributed by atoms with Crippen molar-refractivity contribution < 1.29 is 19.2 Å². The molecule has 1 aromatic carbocycles. The van der Waals surface area contributed by atoms with Gasteiger partial charge in [-0.3, -0.25) is 14.4 Å². The van der Waals surface area contributed by atoms with Gasteiger partial charge in [0.15, 0.2) is 0 Å². The summed E-state index contributed by atoms with van der Waals surface area (Å²) >= 11 is 0. The van der Waals surface area contributed by atoms with Crippen LogP contribution in [0.2, 0.25) is 0 Å². The zero-order valence-electron chi connectivity index (χ0n) is 10.2. The van der Waals surface area contributed by atoms with E-state index in [9.17, 15) is 9.59 Å². The van der Waals surface area contributed by atoms with Crippen LogP contribution in [-0.4, -0.2) is 30.6 Å². The van der Waals surface area contributed by atoms with Gasteiger partial charge in [-0.2, -0.15) is 0 Å². The minimum absolute atomic E-state index is 0.154. The Morgan fingerprint density at radius 3 is 2.78 bits per heavy atom. The van der Waals surface area contributed by atoms with Gasteiger partial charge in [0.05, 0.1) is 19.6 Å². The molecule has 1 amide bonds. The summed E-state index contributed by atoms with van der Waals surface area (Å²) in [5.74, 6) is -0.964. The first-order chi connectivity index (χ1) is 8.70. The molecule has 5 nitrogen and oxygen atoms in total. The van der Waals surface area contributed by atoms with Crippen LogP contribution in [0, 0.1) is 5.92 Å². The molecule has 0 saturated carbocycles. The average molecular weight is 249 g/mol. The standard InChI is InChI=1S/C13H15NO4/c1-17-13(16)11-7-12(15)14(8-11)18-9-10-5-3-2-4-6-10/h2-6,11H,7-9H2,1H3. The van der Waals surface area contributed by atoms with E-state index in [4.69, 9.17) is 4.84 Å². The van der Waals surface area contributed by atoms with E-state index in [1.165, 1.54) is 12.2 Å². The number of methoxy groups -OCH3 is 1. The van der Waals surface area contributed by atoms with E-state index in [-0.39, 0.29) is 24.8 Å². The van der Waals surface area contributed by atoms with Crippen molar-refractivity contribution in [2.75, 3.05) is 13.7 Å². The van der Waals surface area contributed by atoms with Crippen molar-refractivity contribution in [1.29, 1.82) is 0 Å². The SMILES string of the molecule is COC(=O)C1CC(=O)N(OCc2ccccc2)C1. The Labute approximate surface area is 105 Å². The summed E-state index contributed by atoms with van der Waals surface area (Å²) in [4.78, 5) is 28.3. The second-order valence-electron chi connectivity index (χ2n) is 4.14. The number of hydrogen-bond donors (Lipinski definition) is 0. The third-order valence-electron chi connectivity index (χ3n) is 2.85. The van der Waals surface area contributed by atoms with Crippen molar-refractivity contribution >= 4 is 11.9 Å². The lowest BCUT2D eigenvalue weighted by molar-refractivity contribution is -0.183. The number of esters is 1. The van der Waals surface area contributed by atoms with Gasteiger partial charge in [0, 0.05) is 6.42 Å². The summed E-state index contributed by atoms with van der Waals surface area (Å²) in [6.45, 7) is 0.582. The van der Waals surface area contributed by atoms with Gasteiger partial charge < -0.3 is 4.74 Å². The fourth-order valence-electron chi connectivity index (χ4n) is 1.86. The van der Waals surface area contributed by atoms with Crippen LogP contribution in [0.25, 0.3) is 0 Å². The molecule has 1 heterocycles. The average Bonchev–Trinajstić information content (AvgIpc) is 2.78. The Bertz CT molecular complexity index is 432. The maximum atomic E-state index is 11.6. The van der Waals surface area contributed by atoms with Gasteiger partial charge in [-0.25, -0.2) is 5.06 Å². The highest BCUT2D eigenvalue weighted by molar-refractivity contribution is 5.86. The smallest absolute Gasteiger partial charge is 0.311 e. The van der Waals surface area contributed by atoms with E-state index in [0.29, 0.717) is 6.61 Å². The summed E-state index contributed by atoms with van der Waals surface area (Å²) in [5.41, 5.74) is 0.979. The predicted octanol–water partition coefficient (Wildman–Crippen LogP) is 1.14. The molecule has 18 heavy (non-hydrogen) atoms.